The molecule has 0 saturated heterocycles. The van der Waals surface area contributed by atoms with Crippen LogP contribution in [-0.2, 0) is 31.9 Å². The van der Waals surface area contributed by atoms with Crippen LogP contribution in [0.15, 0.2) is 71.7 Å². The maximum atomic E-state index is 10.3. The van der Waals surface area contributed by atoms with E-state index in [1.165, 1.54) is 29.7 Å². The molecule has 1 fully saturated rings. The van der Waals surface area contributed by atoms with Crippen molar-refractivity contribution in [3.05, 3.63) is 89.5 Å². The van der Waals surface area contributed by atoms with Crippen LogP contribution in [0.5, 0.6) is 17.4 Å². The third-order valence-electron chi connectivity index (χ3n) is 9.23. The Morgan fingerprint density at radius 1 is 0.911 bits per heavy atom. The van der Waals surface area contributed by atoms with Gasteiger partial charge in [0.15, 0.2) is 0 Å². The van der Waals surface area contributed by atoms with Crippen LogP contribution < -0.4 is 9.64 Å². The van der Waals surface area contributed by atoms with Crippen molar-refractivity contribution in [2.45, 2.75) is 104 Å². The van der Waals surface area contributed by atoms with Gasteiger partial charge in [0.25, 0.3) is 0 Å². The van der Waals surface area contributed by atoms with Gasteiger partial charge in [-0.25, -0.2) is 4.98 Å². The number of aromatic hydroxyl groups is 1. The molecule has 2 atom stereocenters. The molecule has 6 rings (SSSR count). The van der Waals surface area contributed by atoms with Gasteiger partial charge < -0.3 is 19.7 Å². The Balaban J connectivity index is 0.00000400. The molecule has 0 amide bonds. The fourth-order valence-corrected chi connectivity index (χ4v) is 6.65. The van der Waals surface area contributed by atoms with Crippen LogP contribution in [0.1, 0.15) is 97.8 Å². The summed E-state index contributed by atoms with van der Waals surface area (Å²) in [7, 11) is 0. The summed E-state index contributed by atoms with van der Waals surface area (Å²) in [5.74, 6) is 2.07. The smallest absolute Gasteiger partial charge is 0.217 e. The number of amidine groups is 1. The summed E-state index contributed by atoms with van der Waals surface area (Å²) in [6, 6.07) is 26.3. The summed E-state index contributed by atoms with van der Waals surface area (Å²) >= 11 is 0. The number of para-hydroxylation sites is 1. The molecule has 4 aromatic rings. The van der Waals surface area contributed by atoms with Gasteiger partial charge in [-0.2, -0.15) is 0 Å². The third-order valence-corrected chi connectivity index (χ3v) is 9.23. The molecule has 3 aromatic carbocycles. The number of phenolic OH excluding ortho intramolecular Hbond substituents is 1. The predicted octanol–water partition coefficient (Wildman–Crippen LogP) is 9.73. The Morgan fingerprint density at radius 3 is 2.29 bits per heavy atom. The van der Waals surface area contributed by atoms with Gasteiger partial charge in [-0.05, 0) is 70.9 Å². The van der Waals surface area contributed by atoms with Gasteiger partial charge in [-0.3, -0.25) is 0 Å². The minimum Gasteiger partial charge on any atom is -0.506 e. The van der Waals surface area contributed by atoms with E-state index < -0.39 is 0 Å². The molecule has 45 heavy (non-hydrogen) atoms. The first kappa shape index (κ1) is 33.2. The second kappa shape index (κ2) is 12.2. The van der Waals surface area contributed by atoms with E-state index in [2.05, 4.69) is 95.6 Å². The second-order valence-corrected chi connectivity index (χ2v) is 15.5. The van der Waals surface area contributed by atoms with Crippen molar-refractivity contribution in [3.8, 4) is 17.4 Å². The molecule has 0 bridgehead atoms. The van der Waals surface area contributed by atoms with Crippen molar-refractivity contribution in [3.63, 3.8) is 0 Å². The van der Waals surface area contributed by atoms with E-state index in [0.717, 1.165) is 29.6 Å². The van der Waals surface area contributed by atoms with E-state index in [0.29, 0.717) is 17.1 Å². The molecular formula is C39H46N3O2Pt-. The van der Waals surface area contributed by atoms with Gasteiger partial charge in [-0.1, -0.05) is 86.1 Å². The first-order valence-corrected chi connectivity index (χ1v) is 16.0. The summed E-state index contributed by atoms with van der Waals surface area (Å²) in [5.41, 5.74) is 5.58. The third kappa shape index (κ3) is 6.99. The number of nitrogens with zero attached hydrogens (tertiary/aromatic N) is 3. The monoisotopic (exact) mass is 783 g/mol. The van der Waals surface area contributed by atoms with Crippen molar-refractivity contribution in [1.82, 2.24) is 4.98 Å². The molecule has 0 radical (unpaired) electrons. The first-order chi connectivity index (χ1) is 20.7. The normalized spacial score (nSPS) is 19.8. The zero-order valence-corrected chi connectivity index (χ0v) is 30.1. The Bertz CT molecular complexity index is 1700. The van der Waals surface area contributed by atoms with Crippen LogP contribution in [0.4, 0.5) is 5.69 Å². The molecule has 2 aliphatic rings. The molecular weight excluding hydrogens is 738 g/mol. The number of aromatic nitrogens is 1. The first-order valence-electron chi connectivity index (χ1n) is 16.0. The van der Waals surface area contributed by atoms with E-state index in [4.69, 9.17) is 9.73 Å². The number of phenols is 1. The summed E-state index contributed by atoms with van der Waals surface area (Å²) < 4.78 is 6.23. The van der Waals surface area contributed by atoms with Crippen molar-refractivity contribution < 1.29 is 30.9 Å². The quantitative estimate of drug-likeness (QED) is 0.210. The maximum absolute atomic E-state index is 10.3. The Labute approximate surface area is 283 Å². The Hall–Kier alpha value is -3.17. The van der Waals surface area contributed by atoms with E-state index in [1.807, 2.05) is 36.4 Å². The van der Waals surface area contributed by atoms with E-state index in [-0.39, 0.29) is 55.1 Å². The van der Waals surface area contributed by atoms with Crippen LogP contribution in [-0.4, -0.2) is 28.0 Å². The van der Waals surface area contributed by atoms with Gasteiger partial charge in [0.05, 0.1) is 11.9 Å². The van der Waals surface area contributed by atoms with Gasteiger partial charge in [0.1, 0.15) is 11.3 Å². The molecule has 1 aliphatic heterocycles. The van der Waals surface area contributed by atoms with E-state index >= 15 is 0 Å². The molecule has 240 valence electrons. The molecule has 0 spiro atoms. The van der Waals surface area contributed by atoms with E-state index in [1.54, 1.807) is 6.07 Å². The molecule has 1 aromatic heterocycles. The van der Waals surface area contributed by atoms with Crippen molar-refractivity contribution in [2.75, 3.05) is 4.90 Å². The summed E-state index contributed by atoms with van der Waals surface area (Å²) in [5, 5.41) is 11.2. The number of hydrogen-bond donors (Lipinski definition) is 1. The number of anilines is 1. The number of hydrogen-bond acceptors (Lipinski definition) is 5. The van der Waals surface area contributed by atoms with E-state index in [9.17, 15) is 5.11 Å². The Morgan fingerprint density at radius 2 is 1.60 bits per heavy atom. The molecule has 6 heteroatoms. The van der Waals surface area contributed by atoms with Gasteiger partial charge in [0.2, 0.25) is 5.88 Å². The average molecular weight is 784 g/mol. The molecule has 1 aliphatic carbocycles. The van der Waals surface area contributed by atoms with Gasteiger partial charge in [0, 0.05) is 50.0 Å². The number of rotatable bonds is 4. The summed E-state index contributed by atoms with van der Waals surface area (Å²) in [6.07, 6.45) is 4.57. The minimum atomic E-state index is 0. The van der Waals surface area contributed by atoms with Gasteiger partial charge in [-0.15, -0.1) is 23.8 Å². The van der Waals surface area contributed by atoms with Crippen molar-refractivity contribution in [1.29, 1.82) is 0 Å². The topological polar surface area (TPSA) is 58.0 Å². The minimum absolute atomic E-state index is 0. The number of pyridine rings is 1. The molecule has 1 N–H and O–H groups in total. The number of aliphatic imine (C=N–C) groups is 1. The number of ether oxygens (including phenoxy) is 1. The summed E-state index contributed by atoms with van der Waals surface area (Å²) in [6.45, 7) is 18.5. The molecule has 1 saturated carbocycles. The van der Waals surface area contributed by atoms with Crippen LogP contribution >= 0.6 is 0 Å². The van der Waals surface area contributed by atoms with Gasteiger partial charge >= 0.3 is 0 Å². The van der Waals surface area contributed by atoms with Crippen LogP contribution in [0, 0.1) is 11.5 Å². The number of fused-ring (bicyclic) bond motifs is 2. The van der Waals surface area contributed by atoms with Crippen LogP contribution in [0.2, 0.25) is 0 Å². The Kier molecular flexibility index (Phi) is 9.01. The zero-order valence-electron chi connectivity index (χ0n) is 27.8. The summed E-state index contributed by atoms with van der Waals surface area (Å²) in [4.78, 5) is 12.6. The molecule has 0 unspecified atom stereocenters. The van der Waals surface area contributed by atoms with Crippen LogP contribution in [0.25, 0.3) is 10.9 Å². The van der Waals surface area contributed by atoms with Crippen molar-refractivity contribution >= 4 is 22.4 Å². The molecule has 2 heterocycles. The standard InChI is InChI=1S/C39H46N3O2.Pt/c1-37(2,3)27-21-28(38(4,5)6)23-29(22-27)42-32-15-11-19-39(7,8)24-31(32)40-36(42)26-13-9-14-30(20-26)44-34-18-17-25-12-10-16-33(43)35(25)41-34;/h9-10,12-14,16-18,21-23,31-32,43H,11,15,19,24H2,1-8H3;/q-1;/t31-,32-;/m0./s1. The fourth-order valence-electron chi connectivity index (χ4n) is 6.65. The average Bonchev–Trinajstić information content (AvgIpc) is 3.21. The predicted molar refractivity (Wildman–Crippen MR) is 181 cm³/mol. The fraction of sp³-hybridized carbons (Fsp3) is 0.436. The largest absolute Gasteiger partial charge is 0.506 e. The second-order valence-electron chi connectivity index (χ2n) is 15.5. The van der Waals surface area contributed by atoms with Crippen molar-refractivity contribution in [2.24, 2.45) is 10.4 Å². The SMILES string of the molecule is CC1(C)CCC[C@H]2[C@H](C1)N=C(c1[c-]c(Oc3ccc4cccc(O)c4n3)ccc1)N2c1cc(C(C)(C)C)cc(C(C)(C)C)c1.[Pt]. The molecule has 5 nitrogen and oxygen atoms in total. The number of benzene rings is 3. The maximum Gasteiger partial charge on any atom is 0.217 e. The van der Waals surface area contributed by atoms with Crippen LogP contribution in [0.3, 0.4) is 0 Å². The zero-order chi connectivity index (χ0) is 31.4.